The average molecular weight is 587 g/mol. The number of carbonyl (C=O) groups excluding carboxylic acids is 1. The third-order valence-corrected chi connectivity index (χ3v) is 11.7. The molecule has 0 bridgehead atoms. The van der Waals surface area contributed by atoms with Crippen LogP contribution in [-0.2, 0) is 14.8 Å². The summed E-state index contributed by atoms with van der Waals surface area (Å²) < 4.78 is 25.1. The number of carbonyl (C=O) groups is 1. The highest BCUT2D eigenvalue weighted by atomic mass is 35.5. The molecule has 1 unspecified atom stereocenters. The average Bonchev–Trinajstić information content (AvgIpc) is 3.61. The van der Waals surface area contributed by atoms with Gasteiger partial charge in [0.25, 0.3) is 0 Å². The van der Waals surface area contributed by atoms with Crippen molar-refractivity contribution in [3.05, 3.63) is 28.8 Å². The van der Waals surface area contributed by atoms with E-state index in [0.29, 0.717) is 48.7 Å². The van der Waals surface area contributed by atoms with E-state index in [1.165, 1.54) is 36.2 Å². The maximum atomic E-state index is 13.1. The molecule has 40 heavy (non-hydrogen) atoms. The van der Waals surface area contributed by atoms with Crippen LogP contribution in [0.2, 0.25) is 5.02 Å². The quantitative estimate of drug-likeness (QED) is 0.531. The first-order valence-corrected chi connectivity index (χ1v) is 16.9. The molecule has 0 aromatic heterocycles. The molecular formula is C29H39ClN6O3S. The van der Waals surface area contributed by atoms with Gasteiger partial charge in [-0.25, -0.2) is 8.42 Å². The molecule has 1 atom stereocenters. The molecule has 2 aliphatic carbocycles. The Labute approximate surface area is 242 Å². The normalized spacial score (nSPS) is 26.2. The van der Waals surface area contributed by atoms with Gasteiger partial charge in [0.15, 0.2) is 0 Å². The standard InChI is InChI=1S/C29H39ClN6O3S/c1-40(38,39)35-14-12-34(13-15-35)28(37)23-18-29(19-23)8-10-33(11-9-29)27-17-26(21-4-2-3-5-21)36(32-27)24-7-6-22(20-31)25(30)16-24/h6-7,16,21,23,26H,2-5,8-15,17-19H2,1H3. The number of sulfonamides is 1. The van der Waals surface area contributed by atoms with Gasteiger partial charge in [-0.1, -0.05) is 24.4 Å². The van der Waals surface area contributed by atoms with E-state index >= 15 is 0 Å². The topological polar surface area (TPSA) is 100 Å². The number of amidine groups is 1. The summed E-state index contributed by atoms with van der Waals surface area (Å²) in [5.41, 5.74) is 1.69. The fraction of sp³-hybridized carbons (Fsp3) is 0.690. The van der Waals surface area contributed by atoms with Gasteiger partial charge in [0, 0.05) is 51.6 Å². The van der Waals surface area contributed by atoms with Gasteiger partial charge in [-0.15, -0.1) is 0 Å². The Morgan fingerprint density at radius 1 is 1.07 bits per heavy atom. The number of nitrogens with zero attached hydrogens (tertiary/aromatic N) is 6. The first-order valence-electron chi connectivity index (χ1n) is 14.7. The molecular weight excluding hydrogens is 548 g/mol. The molecule has 1 spiro atoms. The predicted octanol–water partition coefficient (Wildman–Crippen LogP) is 3.89. The molecule has 216 valence electrons. The molecule has 1 amide bonds. The largest absolute Gasteiger partial charge is 0.359 e. The highest BCUT2D eigenvalue weighted by molar-refractivity contribution is 7.88. The molecule has 11 heteroatoms. The van der Waals surface area contributed by atoms with E-state index in [-0.39, 0.29) is 17.2 Å². The smallest absolute Gasteiger partial charge is 0.225 e. The van der Waals surface area contributed by atoms with E-state index in [1.807, 2.05) is 17.0 Å². The van der Waals surface area contributed by atoms with Crippen LogP contribution in [0, 0.1) is 28.6 Å². The Kier molecular flexibility index (Phi) is 7.51. The maximum absolute atomic E-state index is 13.1. The van der Waals surface area contributed by atoms with Crippen LogP contribution in [-0.4, -0.2) is 85.8 Å². The van der Waals surface area contributed by atoms with Crippen LogP contribution in [0.3, 0.4) is 0 Å². The summed E-state index contributed by atoms with van der Waals surface area (Å²) in [6.45, 7) is 3.70. The van der Waals surface area contributed by atoms with Crippen molar-refractivity contribution in [2.45, 2.75) is 63.8 Å². The summed E-state index contributed by atoms with van der Waals surface area (Å²) in [5, 5.41) is 17.1. The van der Waals surface area contributed by atoms with Crippen LogP contribution in [0.1, 0.15) is 63.4 Å². The molecule has 1 aromatic carbocycles. The minimum absolute atomic E-state index is 0.0727. The molecule has 3 heterocycles. The number of benzene rings is 1. The van der Waals surface area contributed by atoms with Gasteiger partial charge in [-0.3, -0.25) is 9.80 Å². The van der Waals surface area contributed by atoms with Gasteiger partial charge >= 0.3 is 0 Å². The zero-order valence-electron chi connectivity index (χ0n) is 23.3. The highest BCUT2D eigenvalue weighted by Crippen LogP contribution is 2.53. The van der Waals surface area contributed by atoms with Crippen molar-refractivity contribution in [1.82, 2.24) is 14.1 Å². The first kappa shape index (κ1) is 27.8. The lowest BCUT2D eigenvalue weighted by molar-refractivity contribution is -0.146. The van der Waals surface area contributed by atoms with Gasteiger partial charge in [0.1, 0.15) is 11.9 Å². The van der Waals surface area contributed by atoms with Crippen molar-refractivity contribution in [2.24, 2.45) is 22.4 Å². The summed E-state index contributed by atoms with van der Waals surface area (Å²) in [6.07, 6.45) is 11.2. The fourth-order valence-corrected chi connectivity index (χ4v) is 8.75. The van der Waals surface area contributed by atoms with E-state index in [1.54, 1.807) is 6.07 Å². The number of halogens is 1. The summed E-state index contributed by atoms with van der Waals surface area (Å²) in [4.78, 5) is 17.5. The van der Waals surface area contributed by atoms with Crippen molar-refractivity contribution >= 4 is 39.1 Å². The zero-order chi connectivity index (χ0) is 28.1. The number of hydrazone groups is 1. The number of nitriles is 1. The van der Waals surface area contributed by atoms with Crippen molar-refractivity contribution in [2.75, 3.05) is 50.5 Å². The van der Waals surface area contributed by atoms with Crippen LogP contribution >= 0.6 is 11.6 Å². The fourth-order valence-electron chi connectivity index (χ4n) is 7.71. The molecule has 5 aliphatic rings. The minimum Gasteiger partial charge on any atom is -0.359 e. The van der Waals surface area contributed by atoms with Crippen molar-refractivity contribution in [3.8, 4) is 6.07 Å². The third kappa shape index (κ3) is 5.33. The summed E-state index contributed by atoms with van der Waals surface area (Å²) in [7, 11) is -3.19. The SMILES string of the molecule is CS(=O)(=O)N1CCN(C(=O)C2CC3(CCN(C4=NN(c5ccc(C#N)c(Cl)c5)C(C5CCCC5)C4)CC3)C2)CC1. The number of piperazine rings is 1. The monoisotopic (exact) mass is 586 g/mol. The zero-order valence-corrected chi connectivity index (χ0v) is 24.8. The van der Waals surface area contributed by atoms with Crippen molar-refractivity contribution < 1.29 is 13.2 Å². The second-order valence-electron chi connectivity index (χ2n) is 12.5. The van der Waals surface area contributed by atoms with Gasteiger partial charge in [-0.2, -0.15) is 14.7 Å². The number of piperidine rings is 1. The van der Waals surface area contributed by atoms with Gasteiger partial charge < -0.3 is 9.80 Å². The predicted molar refractivity (Wildman–Crippen MR) is 155 cm³/mol. The van der Waals surface area contributed by atoms with Gasteiger partial charge in [0.05, 0.1) is 28.6 Å². The molecule has 3 aliphatic heterocycles. The van der Waals surface area contributed by atoms with Gasteiger partial charge in [0.2, 0.25) is 15.9 Å². The summed E-state index contributed by atoms with van der Waals surface area (Å²) in [6, 6.07) is 8.12. The number of likely N-dealkylation sites (tertiary alicyclic amines) is 1. The van der Waals surface area contributed by atoms with E-state index in [9.17, 15) is 18.5 Å². The molecule has 6 rings (SSSR count). The van der Waals surface area contributed by atoms with Crippen LogP contribution in [0.5, 0.6) is 0 Å². The van der Waals surface area contributed by atoms with E-state index in [2.05, 4.69) is 16.0 Å². The number of hydrogen-bond acceptors (Lipinski definition) is 7. The second-order valence-corrected chi connectivity index (χ2v) is 14.9. The lowest BCUT2D eigenvalue weighted by atomic mass is 9.57. The lowest BCUT2D eigenvalue weighted by Crippen LogP contribution is -2.56. The Bertz CT molecular complexity index is 1310. The number of amides is 1. The molecule has 0 N–H and O–H groups in total. The Morgan fingerprint density at radius 3 is 2.35 bits per heavy atom. The third-order valence-electron chi connectivity index (χ3n) is 10.1. The summed E-state index contributed by atoms with van der Waals surface area (Å²) in [5.74, 6) is 2.05. The Balaban J connectivity index is 1.06. The molecule has 2 saturated carbocycles. The molecule has 2 saturated heterocycles. The van der Waals surface area contributed by atoms with E-state index < -0.39 is 10.0 Å². The summed E-state index contributed by atoms with van der Waals surface area (Å²) >= 11 is 6.40. The van der Waals surface area contributed by atoms with Crippen LogP contribution in [0.25, 0.3) is 0 Å². The van der Waals surface area contributed by atoms with Crippen molar-refractivity contribution in [1.29, 1.82) is 5.26 Å². The van der Waals surface area contributed by atoms with Crippen LogP contribution in [0.4, 0.5) is 5.69 Å². The number of rotatable bonds is 4. The number of hydrogen-bond donors (Lipinski definition) is 0. The van der Waals surface area contributed by atoms with Gasteiger partial charge in [-0.05, 0) is 68.1 Å². The van der Waals surface area contributed by atoms with E-state index in [4.69, 9.17) is 16.7 Å². The molecule has 9 nitrogen and oxygen atoms in total. The minimum atomic E-state index is -3.19. The first-order chi connectivity index (χ1) is 19.2. The molecule has 1 aromatic rings. The maximum Gasteiger partial charge on any atom is 0.225 e. The van der Waals surface area contributed by atoms with Crippen molar-refractivity contribution in [3.63, 3.8) is 0 Å². The highest BCUT2D eigenvalue weighted by Gasteiger charge is 2.50. The number of anilines is 1. The second kappa shape index (κ2) is 10.8. The molecule has 0 radical (unpaired) electrons. The lowest BCUT2D eigenvalue weighted by Gasteiger charge is -2.53. The van der Waals surface area contributed by atoms with Crippen LogP contribution in [0.15, 0.2) is 23.3 Å². The Morgan fingerprint density at radius 2 is 1.75 bits per heavy atom. The Hall–Kier alpha value is -2.35. The molecule has 4 fully saturated rings. The van der Waals surface area contributed by atoms with Crippen LogP contribution < -0.4 is 5.01 Å². The van der Waals surface area contributed by atoms with E-state index in [0.717, 1.165) is 56.7 Å².